The number of carbonyl (C=O) groups is 2. The lowest BCUT2D eigenvalue weighted by Crippen LogP contribution is -2.31. The number of nitrogens with two attached hydrogens (primary N) is 1. The molecule has 1 aromatic carbocycles. The molecular formula is C24H24ClN5O4S. The molecule has 2 amide bonds. The molecule has 9 nitrogen and oxygen atoms in total. The summed E-state index contributed by atoms with van der Waals surface area (Å²) >= 11 is 7.62. The molecule has 3 heterocycles. The molecule has 0 fully saturated rings. The summed E-state index contributed by atoms with van der Waals surface area (Å²) in [5.74, 6) is 5.33. The van der Waals surface area contributed by atoms with Crippen LogP contribution >= 0.6 is 22.9 Å². The Labute approximate surface area is 210 Å². The summed E-state index contributed by atoms with van der Waals surface area (Å²) in [7, 11) is 0. The van der Waals surface area contributed by atoms with Crippen molar-refractivity contribution in [3.8, 4) is 16.3 Å². The number of rotatable bonds is 7. The van der Waals surface area contributed by atoms with Gasteiger partial charge in [0.25, 0.3) is 5.91 Å². The summed E-state index contributed by atoms with van der Waals surface area (Å²) in [5, 5.41) is 3.22. The van der Waals surface area contributed by atoms with Crippen LogP contribution < -0.4 is 21.3 Å². The molecule has 0 radical (unpaired) electrons. The van der Waals surface area contributed by atoms with E-state index in [1.165, 1.54) is 11.3 Å². The van der Waals surface area contributed by atoms with Gasteiger partial charge in [-0.2, -0.15) is 0 Å². The highest BCUT2D eigenvalue weighted by atomic mass is 35.5. The molecule has 4 rings (SSSR count). The topological polar surface area (TPSA) is 120 Å². The first-order valence-corrected chi connectivity index (χ1v) is 11.9. The second-order valence-electron chi connectivity index (χ2n) is 8.00. The van der Waals surface area contributed by atoms with Crippen LogP contribution in [0.1, 0.15) is 36.0 Å². The Morgan fingerprint density at radius 3 is 2.71 bits per heavy atom. The van der Waals surface area contributed by atoms with Crippen LogP contribution in [0, 0.1) is 0 Å². The monoisotopic (exact) mass is 513 g/mol. The quantitative estimate of drug-likeness (QED) is 0.177. The van der Waals surface area contributed by atoms with Crippen LogP contribution in [-0.2, 0) is 10.3 Å². The van der Waals surface area contributed by atoms with Crippen LogP contribution in [0.2, 0.25) is 5.02 Å². The molecule has 0 spiro atoms. The number of fused-ring (bicyclic) bond motifs is 1. The summed E-state index contributed by atoms with van der Waals surface area (Å²) in [5.41, 5.74) is 4.03. The summed E-state index contributed by atoms with van der Waals surface area (Å²) in [6.45, 7) is 5.76. The molecule has 0 saturated carbocycles. The van der Waals surface area contributed by atoms with Crippen molar-refractivity contribution in [1.82, 2.24) is 14.8 Å². The molecule has 0 aliphatic carbocycles. The molecule has 3 aromatic heterocycles. The maximum atomic E-state index is 12.6. The van der Waals surface area contributed by atoms with Crippen LogP contribution in [-0.4, -0.2) is 28.0 Å². The van der Waals surface area contributed by atoms with Crippen molar-refractivity contribution >= 4 is 46.3 Å². The Balaban J connectivity index is 1.70. The van der Waals surface area contributed by atoms with Gasteiger partial charge in [0, 0.05) is 34.6 Å². The van der Waals surface area contributed by atoms with Crippen LogP contribution in [0.4, 0.5) is 10.5 Å². The van der Waals surface area contributed by atoms with E-state index in [1.807, 2.05) is 36.4 Å². The zero-order valence-electron chi connectivity index (χ0n) is 19.3. The Morgan fingerprint density at radius 1 is 1.23 bits per heavy atom. The average molecular weight is 514 g/mol. The Hall–Kier alpha value is -3.60. The summed E-state index contributed by atoms with van der Waals surface area (Å²) < 4.78 is 13.1. The van der Waals surface area contributed by atoms with Crippen LogP contribution in [0.5, 0.6) is 5.75 Å². The SMILES string of the molecule is CCOC(=O)Nc1ccn2c(-c3cc(OC(C)(C)c4ccccc4Cl)c(C(=O)NN)s3)cnc2c1. The minimum Gasteiger partial charge on any atom is -0.481 e. The Bertz CT molecular complexity index is 1400. The van der Waals surface area contributed by atoms with E-state index in [-0.39, 0.29) is 6.61 Å². The standard InChI is InChI=1S/C24H24ClN5O4S/c1-4-33-23(32)28-14-9-10-30-17(13-27-20(30)11-14)19-12-18(21(35-19)22(31)29-26)34-24(2,3)15-7-5-6-8-16(15)25/h5-13H,4,26H2,1-3H3,(H,28,32)(H,29,31). The number of halogens is 1. The maximum absolute atomic E-state index is 12.6. The van der Waals surface area contributed by atoms with E-state index in [4.69, 9.17) is 26.9 Å². The molecule has 4 aromatic rings. The second-order valence-corrected chi connectivity index (χ2v) is 9.46. The van der Waals surface area contributed by atoms with Gasteiger partial charge in [-0.3, -0.25) is 19.9 Å². The van der Waals surface area contributed by atoms with Crippen molar-refractivity contribution < 1.29 is 19.1 Å². The number of hydrazine groups is 1. The van der Waals surface area contributed by atoms with Gasteiger partial charge in [0.15, 0.2) is 0 Å². The molecule has 0 bridgehead atoms. The third-order valence-corrected chi connectivity index (χ3v) is 6.68. The lowest BCUT2D eigenvalue weighted by Gasteiger charge is -2.27. The molecule has 182 valence electrons. The molecular weight excluding hydrogens is 490 g/mol. The number of aromatic nitrogens is 2. The number of carbonyl (C=O) groups excluding carboxylic acids is 2. The van der Waals surface area contributed by atoms with Gasteiger partial charge < -0.3 is 9.47 Å². The lowest BCUT2D eigenvalue weighted by atomic mass is 9.98. The van der Waals surface area contributed by atoms with E-state index in [1.54, 1.807) is 43.6 Å². The summed E-state index contributed by atoms with van der Waals surface area (Å²) in [6.07, 6.45) is 2.92. The predicted molar refractivity (Wildman–Crippen MR) is 136 cm³/mol. The Kier molecular flexibility index (Phi) is 6.97. The fourth-order valence-corrected chi connectivity index (χ4v) is 4.96. The van der Waals surface area contributed by atoms with Gasteiger partial charge in [-0.05, 0) is 32.9 Å². The summed E-state index contributed by atoms with van der Waals surface area (Å²) in [6, 6.07) is 12.6. The van der Waals surface area contributed by atoms with E-state index >= 15 is 0 Å². The average Bonchev–Trinajstić information content (AvgIpc) is 3.42. The number of thiophene rings is 1. The molecule has 11 heteroatoms. The Morgan fingerprint density at radius 2 is 2.00 bits per heavy atom. The molecule has 35 heavy (non-hydrogen) atoms. The number of nitrogens with one attached hydrogen (secondary N) is 2. The van der Waals surface area contributed by atoms with Gasteiger partial charge in [0.2, 0.25) is 0 Å². The van der Waals surface area contributed by atoms with Gasteiger partial charge >= 0.3 is 6.09 Å². The molecule has 0 atom stereocenters. The van der Waals surface area contributed by atoms with Crippen molar-refractivity contribution in [2.45, 2.75) is 26.4 Å². The highest BCUT2D eigenvalue weighted by Crippen LogP contribution is 2.41. The fraction of sp³-hybridized carbons (Fsp3) is 0.208. The van der Waals surface area contributed by atoms with Gasteiger partial charge in [-0.1, -0.05) is 29.8 Å². The van der Waals surface area contributed by atoms with Gasteiger partial charge in [0.1, 0.15) is 21.9 Å². The smallest absolute Gasteiger partial charge is 0.411 e. The second kappa shape index (κ2) is 9.95. The first-order valence-electron chi connectivity index (χ1n) is 10.7. The molecule has 0 saturated heterocycles. The fourth-order valence-electron chi connectivity index (χ4n) is 3.61. The van der Waals surface area contributed by atoms with Crippen LogP contribution in [0.3, 0.4) is 0 Å². The minimum atomic E-state index is -0.826. The number of nitrogen functional groups attached to an aromatic ring is 1. The van der Waals surface area contributed by atoms with Crippen molar-refractivity contribution in [2.24, 2.45) is 5.84 Å². The van der Waals surface area contributed by atoms with Crippen molar-refractivity contribution in [3.05, 3.63) is 70.3 Å². The predicted octanol–water partition coefficient (Wildman–Crippen LogP) is 5.20. The van der Waals surface area contributed by atoms with Gasteiger partial charge in [-0.15, -0.1) is 11.3 Å². The third kappa shape index (κ3) is 5.09. The number of pyridine rings is 1. The number of nitrogens with zero attached hydrogens (tertiary/aromatic N) is 2. The van der Waals surface area contributed by atoms with Crippen LogP contribution in [0.25, 0.3) is 16.2 Å². The number of benzene rings is 1. The number of hydrogen-bond acceptors (Lipinski definition) is 7. The van der Waals surface area contributed by atoms with Gasteiger partial charge in [-0.25, -0.2) is 15.6 Å². The maximum Gasteiger partial charge on any atom is 0.411 e. The lowest BCUT2D eigenvalue weighted by molar-refractivity contribution is 0.0917. The normalized spacial score (nSPS) is 11.3. The van der Waals surface area contributed by atoms with E-state index in [0.29, 0.717) is 27.0 Å². The minimum absolute atomic E-state index is 0.274. The van der Waals surface area contributed by atoms with Crippen molar-refractivity contribution in [1.29, 1.82) is 0 Å². The highest BCUT2D eigenvalue weighted by Gasteiger charge is 2.29. The van der Waals surface area contributed by atoms with E-state index in [0.717, 1.165) is 16.1 Å². The highest BCUT2D eigenvalue weighted by molar-refractivity contribution is 7.17. The van der Waals surface area contributed by atoms with Crippen molar-refractivity contribution in [3.63, 3.8) is 0 Å². The number of imidazole rings is 1. The molecule has 4 N–H and O–H groups in total. The molecule has 0 unspecified atom stereocenters. The first kappa shape index (κ1) is 24.5. The number of hydrogen-bond donors (Lipinski definition) is 3. The number of anilines is 1. The summed E-state index contributed by atoms with van der Waals surface area (Å²) in [4.78, 5) is 29.8. The van der Waals surface area contributed by atoms with E-state index in [2.05, 4.69) is 15.7 Å². The van der Waals surface area contributed by atoms with E-state index in [9.17, 15) is 9.59 Å². The molecule has 0 aliphatic rings. The largest absolute Gasteiger partial charge is 0.481 e. The zero-order valence-corrected chi connectivity index (χ0v) is 20.9. The van der Waals surface area contributed by atoms with Crippen molar-refractivity contribution in [2.75, 3.05) is 11.9 Å². The van der Waals surface area contributed by atoms with E-state index < -0.39 is 17.6 Å². The van der Waals surface area contributed by atoms with Crippen LogP contribution in [0.15, 0.2) is 54.9 Å². The number of amides is 2. The molecule has 0 aliphatic heterocycles. The number of ether oxygens (including phenoxy) is 2. The first-order chi connectivity index (χ1) is 16.7. The van der Waals surface area contributed by atoms with Gasteiger partial charge in [0.05, 0.1) is 23.4 Å². The zero-order chi connectivity index (χ0) is 25.2. The third-order valence-electron chi connectivity index (χ3n) is 5.21.